The van der Waals surface area contributed by atoms with Crippen molar-refractivity contribution in [2.45, 2.75) is 6.61 Å². The number of ether oxygens (including phenoxy) is 1. The Morgan fingerprint density at radius 3 is 2.75 bits per heavy atom. The maximum Gasteiger partial charge on any atom is 0.415 e. The van der Waals surface area contributed by atoms with E-state index in [1.54, 1.807) is 13.1 Å². The van der Waals surface area contributed by atoms with Gasteiger partial charge in [-0.1, -0.05) is 41.9 Å². The molecule has 0 spiro atoms. The van der Waals surface area contributed by atoms with Crippen molar-refractivity contribution in [1.29, 1.82) is 0 Å². The summed E-state index contributed by atoms with van der Waals surface area (Å²) >= 11 is 6.03. The Hall–Kier alpha value is -2.86. The lowest BCUT2D eigenvalue weighted by Gasteiger charge is -2.16. The van der Waals surface area contributed by atoms with E-state index in [1.165, 1.54) is 23.5 Å². The van der Waals surface area contributed by atoms with Crippen molar-refractivity contribution >= 4 is 23.5 Å². The smallest absolute Gasteiger partial charge is 0.415 e. The summed E-state index contributed by atoms with van der Waals surface area (Å²) in [6, 6.07) is 12.6. The molecule has 3 rings (SSSR count). The zero-order valence-electron chi connectivity index (χ0n) is 12.8. The van der Waals surface area contributed by atoms with E-state index < -0.39 is 6.09 Å². The number of anilines is 1. The summed E-state index contributed by atoms with van der Waals surface area (Å²) < 4.78 is 10.3. The Kier molecular flexibility index (Phi) is 4.77. The number of benzene rings is 1. The number of rotatable bonds is 4. The van der Waals surface area contributed by atoms with Gasteiger partial charge in [0.1, 0.15) is 23.8 Å². The van der Waals surface area contributed by atoms with Gasteiger partial charge in [0.05, 0.1) is 11.8 Å². The predicted molar refractivity (Wildman–Crippen MR) is 89.8 cm³/mol. The van der Waals surface area contributed by atoms with Gasteiger partial charge in [-0.3, -0.25) is 4.90 Å². The van der Waals surface area contributed by atoms with E-state index in [1.807, 2.05) is 30.3 Å². The number of nitrogens with zero attached hydrogens (tertiary/aromatic N) is 3. The Morgan fingerprint density at radius 1 is 1.25 bits per heavy atom. The molecule has 0 bridgehead atoms. The Balaban J connectivity index is 1.74. The quantitative estimate of drug-likeness (QED) is 0.665. The van der Waals surface area contributed by atoms with Gasteiger partial charge in [0.15, 0.2) is 5.82 Å². The van der Waals surface area contributed by atoms with Crippen molar-refractivity contribution in [3.8, 4) is 11.4 Å². The number of hydrogen-bond acceptors (Lipinski definition) is 5. The second-order valence-electron chi connectivity index (χ2n) is 4.98. The molecule has 1 amide bonds. The molecule has 0 saturated heterocycles. The van der Waals surface area contributed by atoms with Crippen LogP contribution in [0.1, 0.15) is 5.56 Å². The Morgan fingerprint density at radius 2 is 2.04 bits per heavy atom. The molecule has 0 aliphatic carbocycles. The highest BCUT2D eigenvalue weighted by Crippen LogP contribution is 2.22. The van der Waals surface area contributed by atoms with Gasteiger partial charge >= 0.3 is 6.09 Å². The molecule has 0 radical (unpaired) electrons. The summed E-state index contributed by atoms with van der Waals surface area (Å²) in [6.07, 6.45) is 2.48. The molecule has 0 unspecified atom stereocenters. The molecule has 0 aliphatic heterocycles. The van der Waals surface area contributed by atoms with Crippen molar-refractivity contribution < 1.29 is 13.9 Å². The summed E-state index contributed by atoms with van der Waals surface area (Å²) in [5.74, 6) is 0.707. The average molecular weight is 344 g/mol. The number of amides is 1. The van der Waals surface area contributed by atoms with E-state index in [0.29, 0.717) is 17.2 Å². The van der Waals surface area contributed by atoms with Crippen LogP contribution in [0.2, 0.25) is 5.15 Å². The lowest BCUT2D eigenvalue weighted by molar-refractivity contribution is 0.148. The SMILES string of the molecule is CN(C(=O)OCc1ccccc1)c1cc(Cl)nc(-c2ccoc2)n1. The highest BCUT2D eigenvalue weighted by Gasteiger charge is 2.17. The fraction of sp³-hybridized carbons (Fsp3) is 0.118. The van der Waals surface area contributed by atoms with Gasteiger partial charge < -0.3 is 9.15 Å². The normalized spacial score (nSPS) is 10.4. The first kappa shape index (κ1) is 16.0. The molecule has 0 aliphatic rings. The van der Waals surface area contributed by atoms with Crippen LogP contribution in [-0.2, 0) is 11.3 Å². The van der Waals surface area contributed by atoms with Crippen molar-refractivity contribution in [3.63, 3.8) is 0 Å². The first-order valence-corrected chi connectivity index (χ1v) is 7.53. The van der Waals surface area contributed by atoms with Crippen LogP contribution in [0.5, 0.6) is 0 Å². The number of aromatic nitrogens is 2. The lowest BCUT2D eigenvalue weighted by Crippen LogP contribution is -2.28. The molecule has 7 heteroatoms. The van der Waals surface area contributed by atoms with Crippen LogP contribution in [-0.4, -0.2) is 23.1 Å². The fourth-order valence-electron chi connectivity index (χ4n) is 2.01. The Bertz CT molecular complexity index is 822. The van der Waals surface area contributed by atoms with E-state index in [4.69, 9.17) is 20.8 Å². The van der Waals surface area contributed by atoms with Gasteiger partial charge in [-0.05, 0) is 11.6 Å². The molecular formula is C17H14ClN3O3. The predicted octanol–water partition coefficient (Wildman–Crippen LogP) is 4.16. The van der Waals surface area contributed by atoms with Gasteiger partial charge in [0, 0.05) is 13.1 Å². The van der Waals surface area contributed by atoms with E-state index >= 15 is 0 Å². The van der Waals surface area contributed by atoms with Crippen LogP contribution >= 0.6 is 11.6 Å². The van der Waals surface area contributed by atoms with Gasteiger partial charge in [-0.15, -0.1) is 0 Å². The maximum atomic E-state index is 12.2. The first-order valence-electron chi connectivity index (χ1n) is 7.15. The van der Waals surface area contributed by atoms with Crippen LogP contribution in [0.25, 0.3) is 11.4 Å². The largest absolute Gasteiger partial charge is 0.472 e. The van der Waals surface area contributed by atoms with E-state index in [9.17, 15) is 4.79 Å². The van der Waals surface area contributed by atoms with Gasteiger partial charge in [-0.25, -0.2) is 14.8 Å². The van der Waals surface area contributed by atoms with Crippen molar-refractivity contribution in [1.82, 2.24) is 9.97 Å². The van der Waals surface area contributed by atoms with Crippen LogP contribution in [0.4, 0.5) is 10.6 Å². The number of hydrogen-bond donors (Lipinski definition) is 0. The minimum absolute atomic E-state index is 0.178. The molecule has 3 aromatic rings. The molecule has 6 nitrogen and oxygen atoms in total. The second kappa shape index (κ2) is 7.14. The fourth-order valence-corrected chi connectivity index (χ4v) is 2.19. The summed E-state index contributed by atoms with van der Waals surface area (Å²) in [5.41, 5.74) is 1.57. The summed E-state index contributed by atoms with van der Waals surface area (Å²) in [6.45, 7) is 0.178. The minimum atomic E-state index is -0.535. The zero-order chi connectivity index (χ0) is 16.9. The van der Waals surface area contributed by atoms with E-state index in [0.717, 1.165) is 5.56 Å². The molecule has 0 atom stereocenters. The highest BCUT2D eigenvalue weighted by molar-refractivity contribution is 6.29. The van der Waals surface area contributed by atoms with Gasteiger partial charge in [0.25, 0.3) is 0 Å². The Labute approximate surface area is 143 Å². The summed E-state index contributed by atoms with van der Waals surface area (Å²) in [5, 5.41) is 0.221. The third-order valence-corrected chi connectivity index (χ3v) is 3.48. The number of carbonyl (C=O) groups excluding carboxylic acids is 1. The van der Waals surface area contributed by atoms with Crippen LogP contribution in [0, 0.1) is 0 Å². The lowest BCUT2D eigenvalue weighted by atomic mass is 10.2. The first-order chi connectivity index (χ1) is 11.6. The van der Waals surface area contributed by atoms with Crippen molar-refractivity contribution in [2.24, 2.45) is 0 Å². The highest BCUT2D eigenvalue weighted by atomic mass is 35.5. The number of furan rings is 1. The molecule has 0 N–H and O–H groups in total. The third kappa shape index (κ3) is 3.72. The number of halogens is 1. The van der Waals surface area contributed by atoms with Crippen LogP contribution in [0.15, 0.2) is 59.4 Å². The van der Waals surface area contributed by atoms with Crippen molar-refractivity contribution in [3.05, 3.63) is 65.7 Å². The molecule has 0 fully saturated rings. The molecule has 24 heavy (non-hydrogen) atoms. The van der Waals surface area contributed by atoms with E-state index in [2.05, 4.69) is 9.97 Å². The maximum absolute atomic E-state index is 12.2. The van der Waals surface area contributed by atoms with Crippen molar-refractivity contribution in [2.75, 3.05) is 11.9 Å². The molecular weight excluding hydrogens is 330 g/mol. The number of carbonyl (C=O) groups is 1. The molecule has 0 saturated carbocycles. The summed E-state index contributed by atoms with van der Waals surface area (Å²) in [4.78, 5) is 21.9. The molecule has 1 aromatic carbocycles. The van der Waals surface area contributed by atoms with Gasteiger partial charge in [0.2, 0.25) is 0 Å². The molecule has 2 heterocycles. The topological polar surface area (TPSA) is 68.5 Å². The standard InChI is InChI=1S/C17H14ClN3O3/c1-21(17(22)24-10-12-5-3-2-4-6-12)15-9-14(18)19-16(20-15)13-7-8-23-11-13/h2-9,11H,10H2,1H3. The average Bonchev–Trinajstić information content (AvgIpc) is 3.14. The van der Waals surface area contributed by atoms with Crippen LogP contribution < -0.4 is 4.90 Å². The molecule has 2 aromatic heterocycles. The third-order valence-electron chi connectivity index (χ3n) is 3.28. The monoisotopic (exact) mass is 343 g/mol. The summed E-state index contributed by atoms with van der Waals surface area (Å²) in [7, 11) is 1.56. The van der Waals surface area contributed by atoms with Crippen LogP contribution in [0.3, 0.4) is 0 Å². The second-order valence-corrected chi connectivity index (χ2v) is 5.37. The van der Waals surface area contributed by atoms with E-state index in [-0.39, 0.29) is 11.8 Å². The minimum Gasteiger partial charge on any atom is -0.472 e. The molecule has 122 valence electrons. The zero-order valence-corrected chi connectivity index (χ0v) is 13.6. The van der Waals surface area contributed by atoms with Gasteiger partial charge in [-0.2, -0.15) is 0 Å².